The molecule has 132 valence electrons. The number of carbonyl (C=O) groups is 2. The van der Waals surface area contributed by atoms with Gasteiger partial charge in [-0.3, -0.25) is 9.59 Å². The van der Waals surface area contributed by atoms with Crippen LogP contribution in [0.2, 0.25) is 0 Å². The van der Waals surface area contributed by atoms with E-state index < -0.39 is 23.7 Å². The smallest absolute Gasteiger partial charge is 0.346 e. The summed E-state index contributed by atoms with van der Waals surface area (Å²) in [6, 6.07) is 4.45. The van der Waals surface area contributed by atoms with Crippen LogP contribution in [0.1, 0.15) is 36.9 Å². The Bertz CT molecular complexity index is 615. The van der Waals surface area contributed by atoms with Gasteiger partial charge in [0.25, 0.3) is 0 Å². The normalized spacial score (nSPS) is 15.7. The highest BCUT2D eigenvalue weighted by Gasteiger charge is 2.37. The van der Waals surface area contributed by atoms with E-state index in [1.807, 2.05) is 0 Å². The molecule has 2 rings (SSSR count). The van der Waals surface area contributed by atoms with Gasteiger partial charge < -0.3 is 16.0 Å². The Morgan fingerprint density at radius 1 is 1.38 bits per heavy atom. The van der Waals surface area contributed by atoms with Crippen LogP contribution in [0.3, 0.4) is 0 Å². The molecule has 1 aliphatic rings. The minimum Gasteiger partial charge on any atom is -0.346 e. The van der Waals surface area contributed by atoms with Crippen LogP contribution in [-0.2, 0) is 15.8 Å². The van der Waals surface area contributed by atoms with Crippen LogP contribution < -0.4 is 11.1 Å². The molecular formula is C16H20F3N3O2. The lowest BCUT2D eigenvalue weighted by Gasteiger charge is -2.30. The van der Waals surface area contributed by atoms with Gasteiger partial charge in [0.15, 0.2) is 0 Å². The molecule has 1 fully saturated rings. The third kappa shape index (κ3) is 4.47. The van der Waals surface area contributed by atoms with Crippen molar-refractivity contribution < 1.29 is 22.8 Å². The fourth-order valence-corrected chi connectivity index (χ4v) is 2.56. The Labute approximate surface area is 138 Å². The second-order valence-electron chi connectivity index (χ2n) is 5.81. The summed E-state index contributed by atoms with van der Waals surface area (Å²) in [5, 5.41) is 2.40. The molecule has 24 heavy (non-hydrogen) atoms. The molecule has 1 unspecified atom stereocenters. The van der Waals surface area contributed by atoms with Gasteiger partial charge in [-0.25, -0.2) is 0 Å². The molecule has 8 heteroatoms. The fraction of sp³-hybridized carbons (Fsp3) is 0.500. The number of hydrogen-bond acceptors (Lipinski definition) is 3. The van der Waals surface area contributed by atoms with Gasteiger partial charge in [0.1, 0.15) is 0 Å². The molecule has 0 bridgehead atoms. The molecule has 0 heterocycles. The van der Waals surface area contributed by atoms with Gasteiger partial charge in [-0.15, -0.1) is 0 Å². The zero-order valence-electron chi connectivity index (χ0n) is 13.3. The Balaban J connectivity index is 2.16. The number of rotatable bonds is 6. The highest BCUT2D eigenvalue weighted by molar-refractivity contribution is 5.86. The Hall–Kier alpha value is -2.09. The van der Waals surface area contributed by atoms with Crippen LogP contribution in [0.5, 0.6) is 0 Å². The van der Waals surface area contributed by atoms with E-state index in [-0.39, 0.29) is 25.0 Å². The maximum absolute atomic E-state index is 12.9. The van der Waals surface area contributed by atoms with Crippen molar-refractivity contribution in [3.05, 3.63) is 35.4 Å². The van der Waals surface area contributed by atoms with Gasteiger partial charge in [-0.2, -0.15) is 13.2 Å². The molecule has 1 saturated carbocycles. The van der Waals surface area contributed by atoms with E-state index in [0.717, 1.165) is 25.0 Å². The molecule has 1 aromatic rings. The number of hydrogen-bond donors (Lipinski definition) is 2. The Kier molecular flexibility index (Phi) is 5.48. The quantitative estimate of drug-likeness (QED) is 0.827. The van der Waals surface area contributed by atoms with Crippen LogP contribution in [0.15, 0.2) is 24.3 Å². The molecule has 0 radical (unpaired) electrons. The largest absolute Gasteiger partial charge is 0.416 e. The topological polar surface area (TPSA) is 75.4 Å². The summed E-state index contributed by atoms with van der Waals surface area (Å²) < 4.78 is 38.6. The summed E-state index contributed by atoms with van der Waals surface area (Å²) in [7, 11) is 0. The van der Waals surface area contributed by atoms with Crippen molar-refractivity contribution in [2.75, 3.05) is 13.1 Å². The van der Waals surface area contributed by atoms with Crippen molar-refractivity contribution in [2.45, 2.75) is 38.0 Å². The average Bonchev–Trinajstić information content (AvgIpc) is 3.36. The highest BCUT2D eigenvalue weighted by atomic mass is 19.4. The first-order valence-electron chi connectivity index (χ1n) is 7.69. The predicted molar refractivity (Wildman–Crippen MR) is 81.8 cm³/mol. The number of nitrogens with one attached hydrogen (secondary N) is 1. The molecule has 5 nitrogen and oxygen atoms in total. The average molecular weight is 343 g/mol. The first-order chi connectivity index (χ1) is 11.2. The first-order valence-corrected chi connectivity index (χ1v) is 7.69. The second kappa shape index (κ2) is 7.21. The first kappa shape index (κ1) is 18.3. The number of amides is 2. The second-order valence-corrected chi connectivity index (χ2v) is 5.81. The van der Waals surface area contributed by atoms with E-state index in [9.17, 15) is 22.8 Å². The van der Waals surface area contributed by atoms with Crippen molar-refractivity contribution in [3.8, 4) is 0 Å². The van der Waals surface area contributed by atoms with Crippen LogP contribution in [0, 0.1) is 0 Å². The standard InChI is InChI=1S/C16H20F3N3O2/c1-10(11-3-2-4-12(7-11)16(17,18)19)22(13-5-6-13)15(24)9-21-14(23)8-20/h2-4,7,10,13H,5-6,8-9,20H2,1H3,(H,21,23). The molecule has 1 aliphatic carbocycles. The summed E-state index contributed by atoms with van der Waals surface area (Å²) in [4.78, 5) is 25.1. The molecule has 0 aliphatic heterocycles. The zero-order valence-corrected chi connectivity index (χ0v) is 13.3. The maximum Gasteiger partial charge on any atom is 0.416 e. The zero-order chi connectivity index (χ0) is 17.9. The van der Waals surface area contributed by atoms with Crippen LogP contribution in [0.25, 0.3) is 0 Å². The Morgan fingerprint density at radius 3 is 2.58 bits per heavy atom. The summed E-state index contributed by atoms with van der Waals surface area (Å²) in [6.45, 7) is 1.26. The van der Waals surface area contributed by atoms with Gasteiger partial charge in [0, 0.05) is 6.04 Å². The van der Waals surface area contributed by atoms with Gasteiger partial charge >= 0.3 is 6.18 Å². The summed E-state index contributed by atoms with van der Waals surface area (Å²) in [5.74, 6) is -0.782. The van der Waals surface area contributed by atoms with Crippen LogP contribution in [-0.4, -0.2) is 35.8 Å². The summed E-state index contributed by atoms with van der Waals surface area (Å²) in [6.07, 6.45) is -2.82. The van der Waals surface area contributed by atoms with Crippen molar-refractivity contribution in [2.24, 2.45) is 5.73 Å². The van der Waals surface area contributed by atoms with Gasteiger partial charge in [0.2, 0.25) is 11.8 Å². The minimum absolute atomic E-state index is 0.00294. The monoisotopic (exact) mass is 343 g/mol. The molecule has 2 amide bonds. The number of nitrogens with zero attached hydrogens (tertiary/aromatic N) is 1. The van der Waals surface area contributed by atoms with Crippen molar-refractivity contribution in [1.29, 1.82) is 0 Å². The van der Waals surface area contributed by atoms with E-state index in [4.69, 9.17) is 5.73 Å². The number of nitrogens with two attached hydrogens (primary N) is 1. The lowest BCUT2D eigenvalue weighted by Crippen LogP contribution is -2.44. The molecular weight excluding hydrogens is 323 g/mol. The molecule has 0 aromatic heterocycles. The molecule has 1 atom stereocenters. The van der Waals surface area contributed by atoms with Crippen molar-refractivity contribution in [3.63, 3.8) is 0 Å². The molecule has 0 spiro atoms. The lowest BCUT2D eigenvalue weighted by atomic mass is 10.0. The number of halogens is 3. The van der Waals surface area contributed by atoms with Gasteiger partial charge in [-0.1, -0.05) is 12.1 Å². The number of alkyl halides is 3. The highest BCUT2D eigenvalue weighted by Crippen LogP contribution is 2.36. The van der Waals surface area contributed by atoms with Gasteiger partial charge in [-0.05, 0) is 37.5 Å². The van der Waals surface area contributed by atoms with E-state index in [0.29, 0.717) is 5.56 Å². The maximum atomic E-state index is 12.9. The van der Waals surface area contributed by atoms with E-state index in [1.54, 1.807) is 17.9 Å². The third-order valence-electron chi connectivity index (χ3n) is 3.96. The van der Waals surface area contributed by atoms with Gasteiger partial charge in [0.05, 0.1) is 24.7 Å². The molecule has 3 N–H and O–H groups in total. The predicted octanol–water partition coefficient (Wildman–Crippen LogP) is 1.83. The third-order valence-corrected chi connectivity index (χ3v) is 3.96. The van der Waals surface area contributed by atoms with E-state index >= 15 is 0 Å². The SMILES string of the molecule is CC(c1cccc(C(F)(F)F)c1)N(C(=O)CNC(=O)CN)C1CC1. The fourth-order valence-electron chi connectivity index (χ4n) is 2.56. The van der Waals surface area contributed by atoms with E-state index in [2.05, 4.69) is 5.32 Å². The summed E-state index contributed by atoms with van der Waals surface area (Å²) >= 11 is 0. The lowest BCUT2D eigenvalue weighted by molar-refractivity contribution is -0.137. The van der Waals surface area contributed by atoms with Crippen molar-refractivity contribution >= 4 is 11.8 Å². The molecule has 1 aromatic carbocycles. The van der Waals surface area contributed by atoms with Crippen LogP contribution in [0.4, 0.5) is 13.2 Å². The minimum atomic E-state index is -4.43. The number of benzene rings is 1. The van der Waals surface area contributed by atoms with E-state index in [1.165, 1.54) is 6.07 Å². The van der Waals surface area contributed by atoms with Crippen molar-refractivity contribution in [1.82, 2.24) is 10.2 Å². The molecule has 0 saturated heterocycles. The Morgan fingerprint density at radius 2 is 2.04 bits per heavy atom. The summed E-state index contributed by atoms with van der Waals surface area (Å²) in [5.41, 5.74) is 4.84. The van der Waals surface area contributed by atoms with Crippen LogP contribution >= 0.6 is 0 Å². The number of carbonyl (C=O) groups excluding carboxylic acids is 2.